The van der Waals surface area contributed by atoms with Gasteiger partial charge in [-0.3, -0.25) is 0 Å². The molecule has 1 aromatic carbocycles. The van der Waals surface area contributed by atoms with Crippen LogP contribution in [0.15, 0.2) is 35.2 Å². The van der Waals surface area contributed by atoms with Crippen LogP contribution in [0.3, 0.4) is 0 Å². The van der Waals surface area contributed by atoms with Crippen molar-refractivity contribution >= 4 is 25.9 Å². The number of hydrogen-bond acceptors (Lipinski definition) is 4. The van der Waals surface area contributed by atoms with E-state index in [1.165, 1.54) is 12.1 Å². The highest BCUT2D eigenvalue weighted by atomic mass is 35.7. The lowest BCUT2D eigenvalue weighted by atomic mass is 10.4. The van der Waals surface area contributed by atoms with Gasteiger partial charge in [-0.25, -0.2) is 8.42 Å². The van der Waals surface area contributed by atoms with E-state index in [2.05, 4.69) is 0 Å². The Hall–Kier alpha value is -1.16. The molecule has 0 spiro atoms. The van der Waals surface area contributed by atoms with Crippen molar-refractivity contribution in [2.24, 2.45) is 0 Å². The van der Waals surface area contributed by atoms with Gasteiger partial charge in [-0.1, -0.05) is 18.2 Å². The van der Waals surface area contributed by atoms with Crippen LogP contribution in [0.5, 0.6) is 0 Å². The molecule has 4 nitrogen and oxygen atoms in total. The molecule has 0 aromatic heterocycles. The van der Waals surface area contributed by atoms with Crippen molar-refractivity contribution in [3.05, 3.63) is 30.3 Å². The molecule has 0 amide bonds. The summed E-state index contributed by atoms with van der Waals surface area (Å²) < 4.78 is 21.2. The summed E-state index contributed by atoms with van der Waals surface area (Å²) in [5, 5.41) is 0. The van der Waals surface area contributed by atoms with E-state index in [9.17, 15) is 8.42 Å². The summed E-state index contributed by atoms with van der Waals surface area (Å²) in [6.07, 6.45) is 0.250. The molecule has 0 N–H and O–H groups in total. The third-order valence-corrected chi connectivity index (χ3v) is 2.39. The van der Waals surface area contributed by atoms with E-state index in [0.717, 1.165) is 0 Å². The number of hydrogen-bond donors (Lipinski definition) is 0. The van der Waals surface area contributed by atoms with Gasteiger partial charge in [0.1, 0.15) is 0 Å². The van der Waals surface area contributed by atoms with Crippen LogP contribution < -0.4 is 0 Å². The topological polar surface area (TPSA) is 68.3 Å². The SMILES string of the molecule is O=C=O.O=S(=O)(Cl)c1ccccc1. The van der Waals surface area contributed by atoms with Gasteiger partial charge in [0.25, 0.3) is 9.05 Å². The lowest BCUT2D eigenvalue weighted by molar-refractivity contribution is -0.191. The van der Waals surface area contributed by atoms with Crippen LogP contribution in [0, 0.1) is 0 Å². The highest BCUT2D eigenvalue weighted by molar-refractivity contribution is 8.13. The Bertz CT molecular complexity index is 378. The Balaban J connectivity index is 0.000000424. The minimum absolute atomic E-state index is 0.136. The van der Waals surface area contributed by atoms with E-state index in [-0.39, 0.29) is 11.0 Å². The predicted octanol–water partition coefficient (Wildman–Crippen LogP) is 1.03. The van der Waals surface area contributed by atoms with Crippen molar-refractivity contribution in [2.45, 2.75) is 4.90 Å². The second-order valence-electron chi connectivity index (χ2n) is 1.83. The molecule has 1 rings (SSSR count). The fourth-order valence-corrected chi connectivity index (χ4v) is 1.37. The summed E-state index contributed by atoms with van der Waals surface area (Å²) >= 11 is 0. The zero-order valence-corrected chi connectivity index (χ0v) is 7.88. The molecule has 1 aromatic rings. The summed E-state index contributed by atoms with van der Waals surface area (Å²) in [5.74, 6) is 0. The van der Waals surface area contributed by atoms with Crippen molar-refractivity contribution in [2.75, 3.05) is 0 Å². The molecule has 0 saturated heterocycles. The highest BCUT2D eigenvalue weighted by Crippen LogP contribution is 2.12. The van der Waals surface area contributed by atoms with E-state index in [0.29, 0.717) is 0 Å². The van der Waals surface area contributed by atoms with Crippen molar-refractivity contribution in [1.29, 1.82) is 0 Å². The van der Waals surface area contributed by atoms with Gasteiger partial charge in [-0.15, -0.1) is 0 Å². The number of rotatable bonds is 1. The maximum atomic E-state index is 10.6. The van der Waals surface area contributed by atoms with Crippen molar-refractivity contribution in [3.63, 3.8) is 0 Å². The molecule has 0 atom stereocenters. The Labute approximate surface area is 79.6 Å². The van der Waals surface area contributed by atoms with E-state index in [1.807, 2.05) is 0 Å². The van der Waals surface area contributed by atoms with Crippen LogP contribution in [0.25, 0.3) is 0 Å². The van der Waals surface area contributed by atoms with Crippen molar-refractivity contribution in [3.8, 4) is 0 Å². The zero-order valence-electron chi connectivity index (χ0n) is 6.31. The molecule has 0 aliphatic heterocycles. The third-order valence-electron chi connectivity index (χ3n) is 1.02. The quantitative estimate of drug-likeness (QED) is 0.663. The van der Waals surface area contributed by atoms with Gasteiger partial charge in [0, 0.05) is 10.7 Å². The first-order valence-corrected chi connectivity index (χ1v) is 5.32. The first-order valence-electron chi connectivity index (χ1n) is 3.01. The summed E-state index contributed by atoms with van der Waals surface area (Å²) in [6, 6.07) is 7.86. The summed E-state index contributed by atoms with van der Waals surface area (Å²) in [4.78, 5) is 16.4. The second-order valence-corrected chi connectivity index (χ2v) is 4.40. The molecule has 0 aliphatic carbocycles. The van der Waals surface area contributed by atoms with E-state index < -0.39 is 9.05 Å². The van der Waals surface area contributed by atoms with Crippen LogP contribution in [-0.4, -0.2) is 14.6 Å². The van der Waals surface area contributed by atoms with Crippen molar-refractivity contribution in [1.82, 2.24) is 0 Å². The molecule has 0 saturated carbocycles. The van der Waals surface area contributed by atoms with Crippen LogP contribution in [0.4, 0.5) is 0 Å². The number of carbonyl (C=O) groups excluding carboxylic acids is 2. The standard InChI is InChI=1S/C6H5ClO2S.CO2/c7-10(8,9)6-4-2-1-3-5-6;2-1-3/h1-5H;. The van der Waals surface area contributed by atoms with Gasteiger partial charge in [-0.05, 0) is 12.1 Å². The first kappa shape index (κ1) is 11.8. The molecule has 6 heteroatoms. The molecular weight excluding hydrogens is 216 g/mol. The minimum atomic E-state index is -3.53. The maximum Gasteiger partial charge on any atom is 0.373 e. The fraction of sp³-hybridized carbons (Fsp3) is 0. The second kappa shape index (κ2) is 5.48. The van der Waals surface area contributed by atoms with Gasteiger partial charge >= 0.3 is 6.15 Å². The number of benzene rings is 1. The molecule has 13 heavy (non-hydrogen) atoms. The average molecular weight is 221 g/mol. The Morgan fingerprint density at radius 2 is 1.46 bits per heavy atom. The molecular formula is C7H5ClO4S. The molecule has 0 bridgehead atoms. The van der Waals surface area contributed by atoms with Gasteiger partial charge < -0.3 is 0 Å². The molecule has 0 aliphatic rings. The Kier molecular flexibility index (Phi) is 4.99. The van der Waals surface area contributed by atoms with Gasteiger partial charge in [0.05, 0.1) is 4.90 Å². The number of halogens is 1. The average Bonchev–Trinajstić information content (AvgIpc) is 2.06. The van der Waals surface area contributed by atoms with Crippen LogP contribution in [-0.2, 0) is 18.6 Å². The molecule has 0 fully saturated rings. The van der Waals surface area contributed by atoms with E-state index in [1.54, 1.807) is 18.2 Å². The van der Waals surface area contributed by atoms with E-state index in [4.69, 9.17) is 20.3 Å². The molecule has 0 heterocycles. The molecule has 0 unspecified atom stereocenters. The zero-order chi connectivity index (χ0) is 10.3. The lowest BCUT2D eigenvalue weighted by Gasteiger charge is -1.91. The minimum Gasteiger partial charge on any atom is -0.207 e. The first-order chi connectivity index (χ1) is 6.02. The van der Waals surface area contributed by atoms with Gasteiger partial charge in [0.2, 0.25) is 0 Å². The largest absolute Gasteiger partial charge is 0.373 e. The smallest absolute Gasteiger partial charge is 0.207 e. The van der Waals surface area contributed by atoms with Crippen molar-refractivity contribution < 1.29 is 18.0 Å². The fourth-order valence-electron chi connectivity index (χ4n) is 0.583. The van der Waals surface area contributed by atoms with E-state index >= 15 is 0 Å². The summed E-state index contributed by atoms with van der Waals surface area (Å²) in [6.45, 7) is 0. The summed E-state index contributed by atoms with van der Waals surface area (Å²) in [7, 11) is 1.50. The normalized spacial score (nSPS) is 9.31. The molecule has 70 valence electrons. The predicted molar refractivity (Wildman–Crippen MR) is 44.5 cm³/mol. The monoisotopic (exact) mass is 220 g/mol. The van der Waals surface area contributed by atoms with Gasteiger partial charge in [0.15, 0.2) is 0 Å². The van der Waals surface area contributed by atoms with Crippen LogP contribution in [0.2, 0.25) is 0 Å². The maximum absolute atomic E-state index is 10.6. The highest BCUT2D eigenvalue weighted by Gasteiger charge is 2.06. The van der Waals surface area contributed by atoms with Crippen LogP contribution >= 0.6 is 10.7 Å². The third kappa shape index (κ3) is 5.14. The summed E-state index contributed by atoms with van der Waals surface area (Å²) in [5.41, 5.74) is 0. The van der Waals surface area contributed by atoms with Gasteiger partial charge in [-0.2, -0.15) is 9.59 Å². The Morgan fingerprint density at radius 3 is 1.69 bits per heavy atom. The Morgan fingerprint density at radius 1 is 1.08 bits per heavy atom. The van der Waals surface area contributed by atoms with Crippen LogP contribution in [0.1, 0.15) is 0 Å². The lowest BCUT2D eigenvalue weighted by Crippen LogP contribution is -1.87. The molecule has 0 radical (unpaired) electrons.